The Balaban J connectivity index is 1.46. The lowest BCUT2D eigenvalue weighted by atomic mass is 9.98. The van der Waals surface area contributed by atoms with E-state index in [1.165, 1.54) is 12.1 Å². The van der Waals surface area contributed by atoms with Crippen molar-refractivity contribution in [3.63, 3.8) is 0 Å². The molecule has 0 atom stereocenters. The first-order valence-electron chi connectivity index (χ1n) is 10.8. The van der Waals surface area contributed by atoms with Gasteiger partial charge in [-0.1, -0.05) is 12.1 Å². The molecule has 6 heteroatoms. The molecule has 30 heavy (non-hydrogen) atoms. The maximum absolute atomic E-state index is 13.3. The van der Waals surface area contributed by atoms with Crippen LogP contribution in [0.4, 0.5) is 26.2 Å². The van der Waals surface area contributed by atoms with E-state index in [-0.39, 0.29) is 23.4 Å². The average molecular weight is 411 g/mol. The number of amides is 2. The molecule has 2 amide bonds. The van der Waals surface area contributed by atoms with Crippen LogP contribution in [-0.4, -0.2) is 48.7 Å². The summed E-state index contributed by atoms with van der Waals surface area (Å²) >= 11 is 0. The quantitative estimate of drug-likeness (QED) is 0.776. The molecule has 2 aliphatic heterocycles. The van der Waals surface area contributed by atoms with Crippen LogP contribution in [0.15, 0.2) is 48.5 Å². The van der Waals surface area contributed by atoms with Gasteiger partial charge >= 0.3 is 6.03 Å². The van der Waals surface area contributed by atoms with E-state index in [4.69, 9.17) is 0 Å². The number of carbonyl (C=O) groups is 1. The number of fused-ring (bicyclic) bond motifs is 1. The van der Waals surface area contributed by atoms with Crippen LogP contribution in [0.3, 0.4) is 0 Å². The molecule has 5 nitrogen and oxygen atoms in total. The molecule has 0 unspecified atom stereocenters. The summed E-state index contributed by atoms with van der Waals surface area (Å²) in [5.41, 5.74) is 2.95. The monoisotopic (exact) mass is 410 g/mol. The molecule has 0 saturated carbocycles. The normalized spacial score (nSPS) is 18.3. The first kappa shape index (κ1) is 20.7. The highest BCUT2D eigenvalue weighted by Crippen LogP contribution is 2.37. The summed E-state index contributed by atoms with van der Waals surface area (Å²) < 4.78 is 13.3. The zero-order chi connectivity index (χ0) is 21.3. The Bertz CT molecular complexity index is 885. The first-order valence-corrected chi connectivity index (χ1v) is 10.8. The number of anilines is 3. The third kappa shape index (κ3) is 4.29. The van der Waals surface area contributed by atoms with Gasteiger partial charge in [-0.05, 0) is 70.0 Å². The van der Waals surface area contributed by atoms with E-state index in [0.29, 0.717) is 13.1 Å². The number of benzene rings is 2. The van der Waals surface area contributed by atoms with Gasteiger partial charge in [0.2, 0.25) is 0 Å². The van der Waals surface area contributed by atoms with Gasteiger partial charge in [-0.3, -0.25) is 9.80 Å². The molecule has 0 aromatic heterocycles. The summed E-state index contributed by atoms with van der Waals surface area (Å²) in [4.78, 5) is 19.6. The third-order valence-electron chi connectivity index (χ3n) is 6.17. The van der Waals surface area contributed by atoms with Gasteiger partial charge in [0.15, 0.2) is 0 Å². The first-order chi connectivity index (χ1) is 14.3. The molecule has 0 aliphatic carbocycles. The Labute approximate surface area is 178 Å². The predicted octanol–water partition coefficient (Wildman–Crippen LogP) is 4.76. The number of hydrogen-bond donors (Lipinski definition) is 1. The second-order valence-electron chi connectivity index (χ2n) is 9.15. The summed E-state index contributed by atoms with van der Waals surface area (Å²) in [5, 5.41) is 3.26. The van der Waals surface area contributed by atoms with Gasteiger partial charge < -0.3 is 10.2 Å². The third-order valence-corrected chi connectivity index (χ3v) is 6.17. The number of hydrogen-bond acceptors (Lipinski definition) is 3. The molecule has 1 N–H and O–H groups in total. The lowest BCUT2D eigenvalue weighted by molar-refractivity contribution is 0.0980. The van der Waals surface area contributed by atoms with Crippen LogP contribution in [0.5, 0.6) is 0 Å². The predicted molar refractivity (Wildman–Crippen MR) is 120 cm³/mol. The molecule has 0 radical (unpaired) electrons. The number of likely N-dealkylation sites (tertiary alicyclic amines) is 1. The number of piperidine rings is 1. The topological polar surface area (TPSA) is 38.8 Å². The van der Waals surface area contributed by atoms with E-state index < -0.39 is 0 Å². The number of nitrogens with one attached hydrogen (secondary N) is 1. The largest absolute Gasteiger partial charge is 0.338 e. The van der Waals surface area contributed by atoms with Crippen molar-refractivity contribution in [2.75, 3.05) is 36.0 Å². The highest BCUT2D eigenvalue weighted by atomic mass is 19.1. The van der Waals surface area contributed by atoms with E-state index in [1.54, 1.807) is 12.1 Å². The Hall–Kier alpha value is -2.60. The maximum atomic E-state index is 13.3. The Kier molecular flexibility index (Phi) is 5.69. The van der Waals surface area contributed by atoms with E-state index in [0.717, 1.165) is 43.0 Å². The SMILES string of the molecule is CC(C)(C)N1CCC(NC(=O)N2CCN(c3ccc(F)cc3)c3ccccc32)CC1. The highest BCUT2D eigenvalue weighted by molar-refractivity contribution is 5.98. The fourth-order valence-electron chi connectivity index (χ4n) is 4.41. The van der Waals surface area contributed by atoms with Crippen molar-refractivity contribution in [3.05, 3.63) is 54.3 Å². The summed E-state index contributed by atoms with van der Waals surface area (Å²) in [6.07, 6.45) is 1.94. The van der Waals surface area contributed by atoms with Crippen LogP contribution < -0.4 is 15.1 Å². The molecular weight excluding hydrogens is 379 g/mol. The van der Waals surface area contributed by atoms with Crippen LogP contribution in [0.25, 0.3) is 0 Å². The summed E-state index contributed by atoms with van der Waals surface area (Å²) in [6, 6.07) is 14.6. The fourth-order valence-corrected chi connectivity index (χ4v) is 4.41. The van der Waals surface area contributed by atoms with Crippen LogP contribution in [0, 0.1) is 5.82 Å². The van der Waals surface area contributed by atoms with Crippen molar-refractivity contribution in [3.8, 4) is 0 Å². The van der Waals surface area contributed by atoms with Crippen LogP contribution >= 0.6 is 0 Å². The Morgan fingerprint density at radius 1 is 0.933 bits per heavy atom. The molecular formula is C24H31FN4O. The van der Waals surface area contributed by atoms with Crippen LogP contribution in [0.2, 0.25) is 0 Å². The van der Waals surface area contributed by atoms with E-state index >= 15 is 0 Å². The Morgan fingerprint density at radius 2 is 1.57 bits per heavy atom. The standard InChI is InChI=1S/C24H31FN4O/c1-24(2,3)27-14-12-19(13-15-27)26-23(30)29-17-16-28(20-10-8-18(25)9-11-20)21-6-4-5-7-22(21)29/h4-11,19H,12-17H2,1-3H3,(H,26,30). The molecule has 2 aliphatic rings. The van der Waals surface area contributed by atoms with Crippen molar-refractivity contribution < 1.29 is 9.18 Å². The molecule has 4 rings (SSSR count). The lowest BCUT2D eigenvalue weighted by Crippen LogP contribution is -2.54. The van der Waals surface area contributed by atoms with Crippen molar-refractivity contribution in [1.82, 2.24) is 10.2 Å². The highest BCUT2D eigenvalue weighted by Gasteiger charge is 2.31. The minimum atomic E-state index is -0.248. The molecule has 2 aromatic carbocycles. The van der Waals surface area contributed by atoms with Gasteiger partial charge in [-0.15, -0.1) is 0 Å². The average Bonchev–Trinajstić information content (AvgIpc) is 2.73. The van der Waals surface area contributed by atoms with Gasteiger partial charge in [0.05, 0.1) is 11.4 Å². The number of para-hydroxylation sites is 2. The summed E-state index contributed by atoms with van der Waals surface area (Å²) in [7, 11) is 0. The fraction of sp³-hybridized carbons (Fsp3) is 0.458. The smallest absolute Gasteiger partial charge is 0.322 e. The number of rotatable bonds is 2. The number of urea groups is 1. The molecule has 2 aromatic rings. The summed E-state index contributed by atoms with van der Waals surface area (Å²) in [6.45, 7) is 9.97. The van der Waals surface area contributed by atoms with Crippen molar-refractivity contribution in [2.24, 2.45) is 0 Å². The van der Waals surface area contributed by atoms with E-state index in [9.17, 15) is 9.18 Å². The van der Waals surface area contributed by atoms with Gasteiger partial charge in [0.1, 0.15) is 5.82 Å². The van der Waals surface area contributed by atoms with Gasteiger partial charge in [-0.2, -0.15) is 0 Å². The van der Waals surface area contributed by atoms with Crippen molar-refractivity contribution in [2.45, 2.75) is 45.2 Å². The van der Waals surface area contributed by atoms with Crippen molar-refractivity contribution in [1.29, 1.82) is 0 Å². The minimum Gasteiger partial charge on any atom is -0.338 e. The molecule has 2 heterocycles. The molecule has 0 spiro atoms. The van der Waals surface area contributed by atoms with Crippen molar-refractivity contribution >= 4 is 23.1 Å². The van der Waals surface area contributed by atoms with Crippen LogP contribution in [0.1, 0.15) is 33.6 Å². The van der Waals surface area contributed by atoms with E-state index in [1.807, 2.05) is 29.2 Å². The zero-order valence-electron chi connectivity index (χ0n) is 18.1. The maximum Gasteiger partial charge on any atom is 0.322 e. The summed E-state index contributed by atoms with van der Waals surface area (Å²) in [5.74, 6) is -0.248. The number of carbonyl (C=O) groups excluding carboxylic acids is 1. The minimum absolute atomic E-state index is 0.0320. The molecule has 0 bridgehead atoms. The van der Waals surface area contributed by atoms with Gasteiger partial charge in [0, 0.05) is 43.4 Å². The molecule has 1 saturated heterocycles. The zero-order valence-corrected chi connectivity index (χ0v) is 18.1. The van der Waals surface area contributed by atoms with Gasteiger partial charge in [-0.25, -0.2) is 9.18 Å². The Morgan fingerprint density at radius 3 is 2.20 bits per heavy atom. The number of nitrogens with zero attached hydrogens (tertiary/aromatic N) is 3. The lowest BCUT2D eigenvalue weighted by Gasteiger charge is -2.42. The van der Waals surface area contributed by atoms with Crippen LogP contribution in [-0.2, 0) is 0 Å². The van der Waals surface area contributed by atoms with Gasteiger partial charge in [0.25, 0.3) is 0 Å². The second kappa shape index (κ2) is 8.26. The molecule has 1 fully saturated rings. The molecule has 160 valence electrons. The number of halogens is 1. The van der Waals surface area contributed by atoms with E-state index in [2.05, 4.69) is 35.9 Å². The second-order valence-corrected chi connectivity index (χ2v) is 9.15.